The van der Waals surface area contributed by atoms with Crippen LogP contribution in [0.1, 0.15) is 18.9 Å². The fourth-order valence-electron chi connectivity index (χ4n) is 2.96. The summed E-state index contributed by atoms with van der Waals surface area (Å²) < 4.78 is 0. The number of hydrogen-bond donors (Lipinski definition) is 2. The third-order valence-electron chi connectivity index (χ3n) is 4.64. The molecule has 1 fully saturated rings. The molecule has 0 aromatic heterocycles. The number of benzene rings is 1. The first-order valence-electron chi connectivity index (χ1n) is 8.76. The average Bonchev–Trinajstić information content (AvgIpc) is 2.62. The van der Waals surface area contributed by atoms with E-state index >= 15 is 0 Å². The normalized spacial score (nSPS) is 21.5. The van der Waals surface area contributed by atoms with E-state index in [9.17, 15) is 9.59 Å². The smallest absolute Gasteiger partial charge is 0.249 e. The standard InChI is InChI=1S/C18H25N5O2/c1-3-13-4-6-14(7-5-13)19-17(25)15-12-16(24)21-18(20-15)23-10-8-22(2)9-11-23/h4-7,15H,3,8-12H2,1-2H3,(H,19,25)(H,20,21,24)/t15-/m1/s1. The van der Waals surface area contributed by atoms with Gasteiger partial charge in [-0.1, -0.05) is 19.1 Å². The van der Waals surface area contributed by atoms with Gasteiger partial charge in [-0.05, 0) is 31.2 Å². The van der Waals surface area contributed by atoms with Crippen LogP contribution in [0.2, 0.25) is 0 Å². The van der Waals surface area contributed by atoms with Gasteiger partial charge in [-0.25, -0.2) is 4.99 Å². The highest BCUT2D eigenvalue weighted by Crippen LogP contribution is 2.14. The molecule has 0 radical (unpaired) electrons. The van der Waals surface area contributed by atoms with Gasteiger partial charge in [0.2, 0.25) is 17.8 Å². The van der Waals surface area contributed by atoms with E-state index in [1.54, 1.807) is 0 Å². The van der Waals surface area contributed by atoms with E-state index in [4.69, 9.17) is 0 Å². The van der Waals surface area contributed by atoms with E-state index in [2.05, 4.69) is 34.5 Å². The van der Waals surface area contributed by atoms with Crippen LogP contribution in [0.25, 0.3) is 0 Å². The van der Waals surface area contributed by atoms with Crippen molar-refractivity contribution in [2.24, 2.45) is 4.99 Å². The number of hydrogen-bond acceptors (Lipinski definition) is 5. The van der Waals surface area contributed by atoms with E-state index in [0.717, 1.165) is 38.3 Å². The van der Waals surface area contributed by atoms with Gasteiger partial charge in [0.05, 0.1) is 6.42 Å². The molecule has 25 heavy (non-hydrogen) atoms. The number of rotatable bonds is 3. The molecular weight excluding hydrogens is 318 g/mol. The molecule has 0 saturated carbocycles. The van der Waals surface area contributed by atoms with E-state index in [1.807, 2.05) is 29.2 Å². The van der Waals surface area contributed by atoms with Crippen molar-refractivity contribution in [1.82, 2.24) is 15.1 Å². The summed E-state index contributed by atoms with van der Waals surface area (Å²) in [5.41, 5.74) is 1.94. The van der Waals surface area contributed by atoms with Crippen molar-refractivity contribution < 1.29 is 9.59 Å². The van der Waals surface area contributed by atoms with Crippen LogP contribution in [0, 0.1) is 0 Å². The summed E-state index contributed by atoms with van der Waals surface area (Å²) in [4.78, 5) is 33.3. The minimum absolute atomic E-state index is 0.0795. The van der Waals surface area contributed by atoms with Crippen LogP contribution >= 0.6 is 0 Å². The molecule has 3 rings (SSSR count). The molecule has 1 saturated heterocycles. The van der Waals surface area contributed by atoms with Crippen molar-refractivity contribution in [2.45, 2.75) is 25.8 Å². The lowest BCUT2D eigenvalue weighted by Crippen LogP contribution is -2.55. The minimum Gasteiger partial charge on any atom is -0.340 e. The third-order valence-corrected chi connectivity index (χ3v) is 4.64. The zero-order chi connectivity index (χ0) is 17.8. The molecule has 0 spiro atoms. The molecule has 2 N–H and O–H groups in total. The molecule has 2 heterocycles. The Morgan fingerprint density at radius 2 is 1.92 bits per heavy atom. The first kappa shape index (κ1) is 17.4. The van der Waals surface area contributed by atoms with Crippen LogP contribution in [0.3, 0.4) is 0 Å². The zero-order valence-corrected chi connectivity index (χ0v) is 14.8. The van der Waals surface area contributed by atoms with Gasteiger partial charge >= 0.3 is 0 Å². The van der Waals surface area contributed by atoms with Crippen LogP contribution in [0.15, 0.2) is 29.3 Å². The molecule has 1 aromatic rings. The van der Waals surface area contributed by atoms with E-state index < -0.39 is 6.04 Å². The van der Waals surface area contributed by atoms with Crippen molar-refractivity contribution in [3.05, 3.63) is 29.8 Å². The Hall–Kier alpha value is -2.41. The van der Waals surface area contributed by atoms with Gasteiger partial charge in [-0.2, -0.15) is 0 Å². The second-order valence-corrected chi connectivity index (χ2v) is 6.55. The number of aryl methyl sites for hydroxylation is 1. The number of aliphatic imine (C=N–C) groups is 1. The van der Waals surface area contributed by atoms with Gasteiger partial charge in [0, 0.05) is 31.9 Å². The molecule has 0 bridgehead atoms. The molecule has 1 aromatic carbocycles. The zero-order valence-electron chi connectivity index (χ0n) is 14.8. The Morgan fingerprint density at radius 1 is 1.24 bits per heavy atom. The molecule has 134 valence electrons. The maximum atomic E-state index is 12.5. The Labute approximate surface area is 148 Å². The fraction of sp³-hybridized carbons (Fsp3) is 0.500. The number of carbonyl (C=O) groups is 2. The third kappa shape index (κ3) is 4.36. The Morgan fingerprint density at radius 3 is 2.56 bits per heavy atom. The predicted molar refractivity (Wildman–Crippen MR) is 97.5 cm³/mol. The highest BCUT2D eigenvalue weighted by atomic mass is 16.2. The predicted octanol–water partition coefficient (Wildman–Crippen LogP) is 0.679. The molecule has 2 aliphatic heterocycles. The quantitative estimate of drug-likeness (QED) is 0.846. The number of guanidine groups is 1. The van der Waals surface area contributed by atoms with Crippen molar-refractivity contribution in [3.63, 3.8) is 0 Å². The summed E-state index contributed by atoms with van der Waals surface area (Å²) in [5.74, 6) is 0.113. The lowest BCUT2D eigenvalue weighted by Gasteiger charge is -2.36. The molecule has 0 unspecified atom stereocenters. The first-order chi connectivity index (χ1) is 12.0. The maximum absolute atomic E-state index is 12.5. The largest absolute Gasteiger partial charge is 0.340 e. The van der Waals surface area contributed by atoms with Crippen molar-refractivity contribution in [2.75, 3.05) is 38.5 Å². The molecule has 0 aliphatic carbocycles. The monoisotopic (exact) mass is 343 g/mol. The molecule has 2 amide bonds. The van der Waals surface area contributed by atoms with Gasteiger partial charge in [-0.3, -0.25) is 14.9 Å². The number of piperazine rings is 1. The van der Waals surface area contributed by atoms with Gasteiger partial charge in [0.15, 0.2) is 0 Å². The topological polar surface area (TPSA) is 77.0 Å². The number of anilines is 1. The lowest BCUT2D eigenvalue weighted by atomic mass is 10.1. The number of amides is 2. The van der Waals surface area contributed by atoms with Crippen LogP contribution in [-0.4, -0.2) is 66.8 Å². The number of likely N-dealkylation sites (N-methyl/N-ethyl adjacent to an activating group) is 1. The highest BCUT2D eigenvalue weighted by Gasteiger charge is 2.30. The van der Waals surface area contributed by atoms with Crippen LogP contribution < -0.4 is 10.6 Å². The fourth-order valence-corrected chi connectivity index (χ4v) is 2.96. The van der Waals surface area contributed by atoms with E-state index in [0.29, 0.717) is 5.96 Å². The van der Waals surface area contributed by atoms with Gasteiger partial charge in [-0.15, -0.1) is 0 Å². The Kier molecular flexibility index (Phi) is 5.33. The maximum Gasteiger partial charge on any atom is 0.249 e. The molecule has 1 atom stereocenters. The number of nitrogens with one attached hydrogen (secondary N) is 2. The summed E-state index contributed by atoms with van der Waals surface area (Å²) >= 11 is 0. The second-order valence-electron chi connectivity index (χ2n) is 6.55. The van der Waals surface area contributed by atoms with Crippen LogP contribution in [0.4, 0.5) is 5.69 Å². The second kappa shape index (κ2) is 7.65. The van der Waals surface area contributed by atoms with Gasteiger partial charge in [0.25, 0.3) is 0 Å². The molecule has 2 aliphatic rings. The van der Waals surface area contributed by atoms with Crippen LogP contribution in [-0.2, 0) is 16.0 Å². The summed E-state index contributed by atoms with van der Waals surface area (Å²) in [7, 11) is 2.07. The summed E-state index contributed by atoms with van der Waals surface area (Å²) in [6, 6.07) is 7.05. The molecule has 7 nitrogen and oxygen atoms in total. The first-order valence-corrected chi connectivity index (χ1v) is 8.76. The number of carbonyl (C=O) groups excluding carboxylic acids is 2. The average molecular weight is 343 g/mol. The van der Waals surface area contributed by atoms with Gasteiger partial charge in [0.1, 0.15) is 6.04 Å². The minimum atomic E-state index is -0.686. The van der Waals surface area contributed by atoms with E-state index in [1.165, 1.54) is 5.56 Å². The highest BCUT2D eigenvalue weighted by molar-refractivity contribution is 6.05. The van der Waals surface area contributed by atoms with Crippen molar-refractivity contribution >= 4 is 23.5 Å². The van der Waals surface area contributed by atoms with Gasteiger partial charge < -0.3 is 15.1 Å². The van der Waals surface area contributed by atoms with Crippen molar-refractivity contribution in [3.8, 4) is 0 Å². The summed E-state index contributed by atoms with van der Waals surface area (Å²) in [6.45, 7) is 5.50. The Balaban J connectivity index is 1.67. The molecular formula is C18H25N5O2. The SMILES string of the molecule is CCc1ccc(NC(=O)[C@H]2CC(=O)NC(N3CCN(C)CC3)=N2)cc1. The van der Waals surface area contributed by atoms with Crippen LogP contribution in [0.5, 0.6) is 0 Å². The lowest BCUT2D eigenvalue weighted by molar-refractivity contribution is -0.125. The Bertz CT molecular complexity index is 663. The summed E-state index contributed by atoms with van der Waals surface area (Å²) in [6.07, 6.45) is 1.03. The molecule has 7 heteroatoms. The van der Waals surface area contributed by atoms with Crippen molar-refractivity contribution in [1.29, 1.82) is 0 Å². The number of nitrogens with zero attached hydrogens (tertiary/aromatic N) is 3. The van der Waals surface area contributed by atoms with E-state index in [-0.39, 0.29) is 18.2 Å². The summed E-state index contributed by atoms with van der Waals surface area (Å²) in [5, 5.41) is 5.66.